The Morgan fingerprint density at radius 3 is 2.27 bits per heavy atom. The number of carbonyl (C=O) groups excluding carboxylic acids is 2. The molecule has 0 saturated heterocycles. The molecule has 0 bridgehead atoms. The van der Waals surface area contributed by atoms with Gasteiger partial charge in [0.2, 0.25) is 0 Å². The number of anilines is 1. The average molecular weight is 367 g/mol. The van der Waals surface area contributed by atoms with Gasteiger partial charge in [-0.05, 0) is 29.2 Å². The van der Waals surface area contributed by atoms with Crippen LogP contribution in [0.5, 0.6) is 0 Å². The molecular weight excluding hydrogens is 346 g/mol. The molecule has 0 unspecified atom stereocenters. The molecule has 0 fully saturated rings. The van der Waals surface area contributed by atoms with Crippen molar-refractivity contribution in [1.29, 1.82) is 0 Å². The SMILES string of the molecule is COC(=O)c1sc2ccccc2c1NC(=O)c1ccc(C(C)(C)C)cc1. The van der Waals surface area contributed by atoms with Gasteiger partial charge >= 0.3 is 5.97 Å². The van der Waals surface area contributed by atoms with Crippen molar-refractivity contribution in [3.8, 4) is 0 Å². The largest absolute Gasteiger partial charge is 0.465 e. The molecule has 5 heteroatoms. The minimum absolute atomic E-state index is 0.0244. The fourth-order valence-corrected chi connectivity index (χ4v) is 3.79. The lowest BCUT2D eigenvalue weighted by molar-refractivity contribution is 0.0607. The lowest BCUT2D eigenvalue weighted by Crippen LogP contribution is -2.15. The first-order chi connectivity index (χ1) is 12.3. The summed E-state index contributed by atoms with van der Waals surface area (Å²) in [5.74, 6) is -0.705. The van der Waals surface area contributed by atoms with Crippen LogP contribution in [0, 0.1) is 0 Å². The van der Waals surface area contributed by atoms with E-state index in [1.165, 1.54) is 18.4 Å². The van der Waals surface area contributed by atoms with Gasteiger partial charge < -0.3 is 10.1 Å². The molecule has 0 aliphatic carbocycles. The highest BCUT2D eigenvalue weighted by Crippen LogP contribution is 2.36. The minimum atomic E-state index is -0.454. The van der Waals surface area contributed by atoms with Gasteiger partial charge in [0, 0.05) is 15.6 Å². The van der Waals surface area contributed by atoms with Crippen molar-refractivity contribution in [2.45, 2.75) is 26.2 Å². The second kappa shape index (κ2) is 6.92. The standard InChI is InChI=1S/C21H21NO3S/c1-21(2,3)14-11-9-13(10-12-14)19(23)22-17-15-7-5-6-8-16(15)26-18(17)20(24)25-4/h5-12H,1-4H3,(H,22,23). The molecule has 134 valence electrons. The molecule has 1 amide bonds. The maximum Gasteiger partial charge on any atom is 0.350 e. The summed E-state index contributed by atoms with van der Waals surface area (Å²) in [5, 5.41) is 3.72. The molecule has 4 nitrogen and oxygen atoms in total. The van der Waals surface area contributed by atoms with E-state index in [-0.39, 0.29) is 11.3 Å². The van der Waals surface area contributed by atoms with E-state index in [4.69, 9.17) is 4.74 Å². The number of thiophene rings is 1. The molecule has 1 heterocycles. The number of nitrogens with one attached hydrogen (secondary N) is 1. The van der Waals surface area contributed by atoms with Crippen LogP contribution in [-0.2, 0) is 10.2 Å². The highest BCUT2D eigenvalue weighted by Gasteiger charge is 2.21. The zero-order valence-electron chi connectivity index (χ0n) is 15.3. The Balaban J connectivity index is 1.95. The number of hydrogen-bond acceptors (Lipinski definition) is 4. The van der Waals surface area contributed by atoms with Crippen LogP contribution >= 0.6 is 11.3 Å². The zero-order valence-corrected chi connectivity index (χ0v) is 16.1. The Bertz CT molecular complexity index is 965. The summed E-state index contributed by atoms with van der Waals surface area (Å²) >= 11 is 1.31. The van der Waals surface area contributed by atoms with E-state index >= 15 is 0 Å². The molecule has 0 aliphatic heterocycles. The fraction of sp³-hybridized carbons (Fsp3) is 0.238. The van der Waals surface area contributed by atoms with Gasteiger partial charge in [-0.15, -0.1) is 11.3 Å². The molecule has 0 atom stereocenters. The van der Waals surface area contributed by atoms with Crippen molar-refractivity contribution >= 4 is 39.0 Å². The van der Waals surface area contributed by atoms with Crippen LogP contribution < -0.4 is 5.32 Å². The van der Waals surface area contributed by atoms with E-state index in [1.54, 1.807) is 0 Å². The number of fused-ring (bicyclic) bond motifs is 1. The van der Waals surface area contributed by atoms with Gasteiger partial charge in [-0.3, -0.25) is 4.79 Å². The molecule has 2 aromatic carbocycles. The lowest BCUT2D eigenvalue weighted by Gasteiger charge is -2.19. The number of benzene rings is 2. The number of rotatable bonds is 3. The fourth-order valence-electron chi connectivity index (χ4n) is 2.71. The third-order valence-electron chi connectivity index (χ3n) is 4.22. The van der Waals surface area contributed by atoms with Crippen molar-refractivity contribution in [2.75, 3.05) is 12.4 Å². The Labute approximate surface area is 156 Å². The lowest BCUT2D eigenvalue weighted by atomic mass is 9.87. The zero-order chi connectivity index (χ0) is 18.9. The normalized spacial score (nSPS) is 11.4. The Morgan fingerprint density at radius 1 is 1.00 bits per heavy atom. The van der Waals surface area contributed by atoms with Crippen molar-refractivity contribution in [3.05, 3.63) is 64.5 Å². The number of amides is 1. The number of carbonyl (C=O) groups is 2. The smallest absolute Gasteiger partial charge is 0.350 e. The van der Waals surface area contributed by atoms with Crippen LogP contribution in [-0.4, -0.2) is 19.0 Å². The van der Waals surface area contributed by atoms with Crippen LogP contribution in [0.4, 0.5) is 5.69 Å². The first-order valence-electron chi connectivity index (χ1n) is 8.33. The van der Waals surface area contributed by atoms with Crippen LogP contribution in [0.25, 0.3) is 10.1 Å². The summed E-state index contributed by atoms with van der Waals surface area (Å²) in [7, 11) is 1.34. The topological polar surface area (TPSA) is 55.4 Å². The predicted octanol–water partition coefficient (Wildman–Crippen LogP) is 5.24. The second-order valence-electron chi connectivity index (χ2n) is 7.08. The van der Waals surface area contributed by atoms with Gasteiger partial charge in [-0.2, -0.15) is 0 Å². The summed E-state index contributed by atoms with van der Waals surface area (Å²) in [5.41, 5.74) is 2.23. The van der Waals surface area contributed by atoms with Gasteiger partial charge in [0.05, 0.1) is 12.8 Å². The van der Waals surface area contributed by atoms with Crippen LogP contribution in [0.2, 0.25) is 0 Å². The summed E-state index contributed by atoms with van der Waals surface area (Å²) in [6, 6.07) is 15.1. The van der Waals surface area contributed by atoms with E-state index in [9.17, 15) is 9.59 Å². The van der Waals surface area contributed by atoms with Gasteiger partial charge in [0.1, 0.15) is 4.88 Å². The maximum atomic E-state index is 12.7. The van der Waals surface area contributed by atoms with Gasteiger partial charge in [0.15, 0.2) is 0 Å². The summed E-state index contributed by atoms with van der Waals surface area (Å²) in [4.78, 5) is 25.2. The Morgan fingerprint density at radius 2 is 1.65 bits per heavy atom. The van der Waals surface area contributed by atoms with Gasteiger partial charge in [-0.1, -0.05) is 51.1 Å². The third-order valence-corrected chi connectivity index (χ3v) is 5.37. The second-order valence-corrected chi connectivity index (χ2v) is 8.13. The van der Waals surface area contributed by atoms with E-state index in [0.717, 1.165) is 15.6 Å². The number of esters is 1. The molecule has 1 N–H and O–H groups in total. The van der Waals surface area contributed by atoms with Crippen molar-refractivity contribution in [3.63, 3.8) is 0 Å². The highest BCUT2D eigenvalue weighted by molar-refractivity contribution is 7.21. The number of methoxy groups -OCH3 is 1. The highest BCUT2D eigenvalue weighted by atomic mass is 32.1. The van der Waals surface area contributed by atoms with Crippen molar-refractivity contribution < 1.29 is 14.3 Å². The molecule has 26 heavy (non-hydrogen) atoms. The van der Waals surface area contributed by atoms with E-state index in [1.807, 2.05) is 48.5 Å². The predicted molar refractivity (Wildman–Crippen MR) is 106 cm³/mol. The van der Waals surface area contributed by atoms with Gasteiger partial charge in [0.25, 0.3) is 5.91 Å². The molecular formula is C21H21NO3S. The third kappa shape index (κ3) is 3.48. The van der Waals surface area contributed by atoms with Crippen molar-refractivity contribution in [1.82, 2.24) is 0 Å². The maximum absolute atomic E-state index is 12.7. The summed E-state index contributed by atoms with van der Waals surface area (Å²) < 4.78 is 5.79. The molecule has 3 aromatic rings. The first-order valence-corrected chi connectivity index (χ1v) is 9.14. The van der Waals surface area contributed by atoms with Crippen LogP contribution in [0.15, 0.2) is 48.5 Å². The summed E-state index contributed by atoms with van der Waals surface area (Å²) in [6.45, 7) is 6.38. The Kier molecular flexibility index (Phi) is 4.83. The Hall–Kier alpha value is -2.66. The van der Waals surface area contributed by atoms with E-state index in [0.29, 0.717) is 16.1 Å². The first kappa shape index (κ1) is 18.1. The van der Waals surface area contributed by atoms with Crippen LogP contribution in [0.1, 0.15) is 46.4 Å². The molecule has 0 radical (unpaired) electrons. The van der Waals surface area contributed by atoms with Crippen molar-refractivity contribution in [2.24, 2.45) is 0 Å². The van der Waals surface area contributed by atoms with E-state index < -0.39 is 5.97 Å². The minimum Gasteiger partial charge on any atom is -0.465 e. The van der Waals surface area contributed by atoms with Gasteiger partial charge in [-0.25, -0.2) is 4.79 Å². The quantitative estimate of drug-likeness (QED) is 0.644. The number of hydrogen-bond donors (Lipinski definition) is 1. The molecule has 3 rings (SSSR count). The molecule has 1 aromatic heterocycles. The number of ether oxygens (including phenoxy) is 1. The molecule has 0 spiro atoms. The van der Waals surface area contributed by atoms with E-state index in [2.05, 4.69) is 26.1 Å². The summed E-state index contributed by atoms with van der Waals surface area (Å²) in [6.07, 6.45) is 0. The van der Waals surface area contributed by atoms with Crippen LogP contribution in [0.3, 0.4) is 0 Å². The average Bonchev–Trinajstić information content (AvgIpc) is 2.99. The molecule has 0 saturated carbocycles. The monoisotopic (exact) mass is 367 g/mol. The molecule has 0 aliphatic rings.